The van der Waals surface area contributed by atoms with E-state index in [0.29, 0.717) is 13.1 Å². The zero-order valence-electron chi connectivity index (χ0n) is 17.4. The van der Waals surface area contributed by atoms with Gasteiger partial charge in [0, 0.05) is 50.9 Å². The molecule has 0 spiro atoms. The Morgan fingerprint density at radius 3 is 2.18 bits per heavy atom. The largest absolute Gasteiger partial charge is 0.372 e. The van der Waals surface area contributed by atoms with Crippen LogP contribution in [0, 0.1) is 6.92 Å². The van der Waals surface area contributed by atoms with Crippen LogP contribution in [0.2, 0.25) is 0 Å². The lowest BCUT2D eigenvalue weighted by Crippen LogP contribution is -2.31. The van der Waals surface area contributed by atoms with Gasteiger partial charge in [0.2, 0.25) is 11.8 Å². The number of nitrogens with one attached hydrogen (secondary N) is 1. The second kappa shape index (κ2) is 10.5. The van der Waals surface area contributed by atoms with Crippen molar-refractivity contribution >= 4 is 23.2 Å². The molecular formula is C23H31N3O2. The van der Waals surface area contributed by atoms with Gasteiger partial charge in [-0.25, -0.2) is 0 Å². The highest BCUT2D eigenvalue weighted by molar-refractivity contribution is 5.91. The van der Waals surface area contributed by atoms with E-state index in [-0.39, 0.29) is 18.2 Å². The van der Waals surface area contributed by atoms with Crippen molar-refractivity contribution in [2.45, 2.75) is 40.7 Å². The molecule has 1 N–H and O–H groups in total. The zero-order valence-corrected chi connectivity index (χ0v) is 17.4. The molecule has 0 aliphatic carbocycles. The predicted octanol–water partition coefficient (Wildman–Crippen LogP) is 4.22. The molecule has 0 aliphatic rings. The summed E-state index contributed by atoms with van der Waals surface area (Å²) >= 11 is 0. The number of hydrogen-bond acceptors (Lipinski definition) is 3. The van der Waals surface area contributed by atoms with Gasteiger partial charge < -0.3 is 15.1 Å². The summed E-state index contributed by atoms with van der Waals surface area (Å²) in [4.78, 5) is 28.3. The van der Waals surface area contributed by atoms with Gasteiger partial charge in [-0.2, -0.15) is 0 Å². The Hall–Kier alpha value is -2.82. The van der Waals surface area contributed by atoms with Crippen molar-refractivity contribution in [1.82, 2.24) is 4.90 Å². The van der Waals surface area contributed by atoms with E-state index < -0.39 is 0 Å². The fourth-order valence-electron chi connectivity index (χ4n) is 3.15. The highest BCUT2D eigenvalue weighted by Crippen LogP contribution is 2.18. The number of carbonyl (C=O) groups excluding carboxylic acids is 2. The average molecular weight is 382 g/mol. The molecular weight excluding hydrogens is 350 g/mol. The van der Waals surface area contributed by atoms with Crippen molar-refractivity contribution in [1.29, 1.82) is 0 Å². The van der Waals surface area contributed by atoms with Crippen molar-refractivity contribution in [3.63, 3.8) is 0 Å². The van der Waals surface area contributed by atoms with Crippen LogP contribution in [0.25, 0.3) is 0 Å². The summed E-state index contributed by atoms with van der Waals surface area (Å²) in [5.41, 5.74) is 4.16. The molecule has 0 bridgehead atoms. The highest BCUT2D eigenvalue weighted by atomic mass is 16.2. The molecule has 0 fully saturated rings. The third-order valence-electron chi connectivity index (χ3n) is 4.96. The van der Waals surface area contributed by atoms with E-state index in [1.807, 2.05) is 55.5 Å². The Balaban J connectivity index is 1.90. The van der Waals surface area contributed by atoms with Crippen molar-refractivity contribution in [3.05, 3.63) is 59.7 Å². The fraction of sp³-hybridized carbons (Fsp3) is 0.391. The second-order valence-corrected chi connectivity index (χ2v) is 6.88. The highest BCUT2D eigenvalue weighted by Gasteiger charge is 2.13. The topological polar surface area (TPSA) is 52.7 Å². The molecule has 2 amide bonds. The number of amides is 2. The summed E-state index contributed by atoms with van der Waals surface area (Å²) in [6.45, 7) is 10.6. The Kier molecular flexibility index (Phi) is 8.05. The fourth-order valence-corrected chi connectivity index (χ4v) is 3.15. The first-order valence-corrected chi connectivity index (χ1v) is 9.89. The maximum absolute atomic E-state index is 12.3. The number of hydrogen-bond donors (Lipinski definition) is 1. The SMILES string of the molecule is CCN(CC)c1ccc(NC(=O)CCN(Cc2ccccc2C)C(C)=O)cc1. The van der Waals surface area contributed by atoms with Crippen LogP contribution in [0.15, 0.2) is 48.5 Å². The number of aryl methyl sites for hydroxylation is 1. The maximum atomic E-state index is 12.3. The smallest absolute Gasteiger partial charge is 0.226 e. The summed E-state index contributed by atoms with van der Waals surface area (Å²) in [6.07, 6.45) is 0.267. The molecule has 150 valence electrons. The molecule has 5 heteroatoms. The number of anilines is 2. The summed E-state index contributed by atoms with van der Waals surface area (Å²) in [6, 6.07) is 15.9. The van der Waals surface area contributed by atoms with Gasteiger partial charge in [-0.3, -0.25) is 9.59 Å². The molecule has 0 aromatic heterocycles. The number of nitrogens with zero attached hydrogens (tertiary/aromatic N) is 2. The summed E-state index contributed by atoms with van der Waals surface area (Å²) in [5.74, 6) is -0.119. The summed E-state index contributed by atoms with van der Waals surface area (Å²) < 4.78 is 0. The molecule has 2 aromatic carbocycles. The lowest BCUT2D eigenvalue weighted by atomic mass is 10.1. The van der Waals surface area contributed by atoms with E-state index in [9.17, 15) is 9.59 Å². The van der Waals surface area contributed by atoms with Crippen LogP contribution in [0.5, 0.6) is 0 Å². The normalized spacial score (nSPS) is 10.4. The van der Waals surface area contributed by atoms with Gasteiger partial charge in [-0.05, 0) is 56.2 Å². The Morgan fingerprint density at radius 1 is 0.964 bits per heavy atom. The van der Waals surface area contributed by atoms with Crippen LogP contribution < -0.4 is 10.2 Å². The molecule has 2 aromatic rings. The first-order chi connectivity index (χ1) is 13.4. The van der Waals surface area contributed by atoms with E-state index in [0.717, 1.165) is 35.6 Å². The van der Waals surface area contributed by atoms with Crippen molar-refractivity contribution in [2.24, 2.45) is 0 Å². The van der Waals surface area contributed by atoms with Crippen LogP contribution >= 0.6 is 0 Å². The van der Waals surface area contributed by atoms with Gasteiger partial charge in [0.1, 0.15) is 0 Å². The van der Waals surface area contributed by atoms with Crippen LogP contribution in [-0.4, -0.2) is 36.3 Å². The van der Waals surface area contributed by atoms with E-state index in [2.05, 4.69) is 24.1 Å². The molecule has 0 aliphatic heterocycles. The Labute approximate surface area is 168 Å². The summed E-state index contributed by atoms with van der Waals surface area (Å²) in [7, 11) is 0. The van der Waals surface area contributed by atoms with Crippen LogP contribution in [0.4, 0.5) is 11.4 Å². The maximum Gasteiger partial charge on any atom is 0.226 e. The number of rotatable bonds is 9. The van der Waals surface area contributed by atoms with Crippen molar-refractivity contribution < 1.29 is 9.59 Å². The van der Waals surface area contributed by atoms with Gasteiger partial charge in [-0.15, -0.1) is 0 Å². The third kappa shape index (κ3) is 6.12. The van der Waals surface area contributed by atoms with Gasteiger partial charge >= 0.3 is 0 Å². The Morgan fingerprint density at radius 2 is 1.61 bits per heavy atom. The minimum atomic E-state index is -0.0911. The minimum absolute atomic E-state index is 0.0281. The summed E-state index contributed by atoms with van der Waals surface area (Å²) in [5, 5.41) is 2.92. The van der Waals surface area contributed by atoms with Crippen molar-refractivity contribution in [3.8, 4) is 0 Å². The van der Waals surface area contributed by atoms with Gasteiger partial charge in [-0.1, -0.05) is 24.3 Å². The molecule has 0 unspecified atom stereocenters. The lowest BCUT2D eigenvalue weighted by molar-refractivity contribution is -0.129. The van der Waals surface area contributed by atoms with Gasteiger partial charge in [0.15, 0.2) is 0 Å². The zero-order chi connectivity index (χ0) is 20.5. The van der Waals surface area contributed by atoms with Crippen molar-refractivity contribution in [2.75, 3.05) is 29.9 Å². The van der Waals surface area contributed by atoms with E-state index in [1.165, 1.54) is 0 Å². The molecule has 0 radical (unpaired) electrons. The van der Waals surface area contributed by atoms with E-state index in [1.54, 1.807) is 11.8 Å². The molecule has 2 rings (SSSR count). The van der Waals surface area contributed by atoms with E-state index >= 15 is 0 Å². The quantitative estimate of drug-likeness (QED) is 0.708. The van der Waals surface area contributed by atoms with Gasteiger partial charge in [0.05, 0.1) is 0 Å². The van der Waals surface area contributed by atoms with Gasteiger partial charge in [0.25, 0.3) is 0 Å². The molecule has 0 atom stereocenters. The van der Waals surface area contributed by atoms with Crippen LogP contribution in [-0.2, 0) is 16.1 Å². The van der Waals surface area contributed by atoms with Crippen LogP contribution in [0.1, 0.15) is 38.3 Å². The minimum Gasteiger partial charge on any atom is -0.372 e. The predicted molar refractivity (Wildman–Crippen MR) is 116 cm³/mol. The first kappa shape index (κ1) is 21.5. The molecule has 0 heterocycles. The van der Waals surface area contributed by atoms with E-state index in [4.69, 9.17) is 0 Å². The monoisotopic (exact) mass is 381 g/mol. The Bertz CT molecular complexity index is 783. The number of carbonyl (C=O) groups is 2. The first-order valence-electron chi connectivity index (χ1n) is 9.89. The molecule has 28 heavy (non-hydrogen) atoms. The number of benzene rings is 2. The standard InChI is InChI=1S/C23H31N3O2/c1-5-25(6-2)22-13-11-21(12-14-22)24-23(28)15-16-26(19(4)27)17-20-10-8-7-9-18(20)3/h7-14H,5-6,15-17H2,1-4H3,(H,24,28). The third-order valence-corrected chi connectivity index (χ3v) is 4.96. The molecule has 5 nitrogen and oxygen atoms in total. The lowest BCUT2D eigenvalue weighted by Gasteiger charge is -2.22. The second-order valence-electron chi connectivity index (χ2n) is 6.88. The van der Waals surface area contributed by atoms with Crippen LogP contribution in [0.3, 0.4) is 0 Å². The average Bonchev–Trinajstić information content (AvgIpc) is 2.68. The molecule has 0 saturated carbocycles. The molecule has 0 saturated heterocycles.